The van der Waals surface area contributed by atoms with Crippen LogP contribution in [0.25, 0.3) is 0 Å². The summed E-state index contributed by atoms with van der Waals surface area (Å²) in [5.41, 5.74) is 1.21. The summed E-state index contributed by atoms with van der Waals surface area (Å²) in [5.74, 6) is 0. The number of aromatic nitrogens is 1. The fraction of sp³-hybridized carbons (Fsp3) is 0.769. The summed E-state index contributed by atoms with van der Waals surface area (Å²) in [6, 6.07) is 1.51. The van der Waals surface area contributed by atoms with E-state index in [2.05, 4.69) is 29.0 Å². The summed E-state index contributed by atoms with van der Waals surface area (Å²) in [6.07, 6.45) is 4.05. The van der Waals surface area contributed by atoms with Crippen molar-refractivity contribution in [2.75, 3.05) is 13.1 Å². The zero-order valence-corrected chi connectivity index (χ0v) is 11.5. The molecule has 1 aromatic rings. The Labute approximate surface area is 107 Å². The highest BCUT2D eigenvalue weighted by atomic mass is 32.1. The molecule has 2 unspecified atom stereocenters. The molecule has 2 aliphatic rings. The van der Waals surface area contributed by atoms with E-state index < -0.39 is 0 Å². The molecule has 3 heterocycles. The standard InChI is InChI=1S/C13H21N3S/c1-9-10(2)17-13(14-9)8-16-6-5-11-3-4-12(7-16)15-11/h11-12,15H,3-8H2,1-2H3. The van der Waals surface area contributed by atoms with E-state index in [4.69, 9.17) is 0 Å². The quantitative estimate of drug-likeness (QED) is 0.872. The Morgan fingerprint density at radius 3 is 2.88 bits per heavy atom. The van der Waals surface area contributed by atoms with Crippen LogP contribution in [-0.4, -0.2) is 35.1 Å². The first-order valence-electron chi connectivity index (χ1n) is 6.62. The first-order chi connectivity index (χ1) is 8.20. The lowest BCUT2D eigenvalue weighted by atomic mass is 10.1. The number of nitrogens with one attached hydrogen (secondary N) is 1. The van der Waals surface area contributed by atoms with E-state index in [1.165, 1.54) is 47.9 Å². The van der Waals surface area contributed by atoms with E-state index >= 15 is 0 Å². The van der Waals surface area contributed by atoms with Crippen LogP contribution in [0, 0.1) is 13.8 Å². The Balaban J connectivity index is 1.65. The summed E-state index contributed by atoms with van der Waals surface area (Å²) in [6.45, 7) is 7.76. The molecule has 0 spiro atoms. The Morgan fingerprint density at radius 2 is 2.12 bits per heavy atom. The number of hydrogen-bond donors (Lipinski definition) is 1. The maximum absolute atomic E-state index is 4.65. The molecule has 0 amide bonds. The average molecular weight is 251 g/mol. The van der Waals surface area contributed by atoms with Crippen molar-refractivity contribution in [1.82, 2.24) is 15.2 Å². The lowest BCUT2D eigenvalue weighted by molar-refractivity contribution is 0.250. The van der Waals surface area contributed by atoms with Crippen LogP contribution in [-0.2, 0) is 6.54 Å². The van der Waals surface area contributed by atoms with Crippen molar-refractivity contribution in [2.45, 2.75) is 51.7 Å². The molecule has 2 bridgehead atoms. The summed E-state index contributed by atoms with van der Waals surface area (Å²) >= 11 is 1.86. The van der Waals surface area contributed by atoms with Crippen molar-refractivity contribution < 1.29 is 0 Å². The van der Waals surface area contributed by atoms with Crippen LogP contribution >= 0.6 is 11.3 Å². The minimum absolute atomic E-state index is 0.727. The van der Waals surface area contributed by atoms with Crippen LogP contribution < -0.4 is 5.32 Å². The third-order valence-corrected chi connectivity index (χ3v) is 5.10. The zero-order valence-electron chi connectivity index (χ0n) is 10.7. The first-order valence-corrected chi connectivity index (χ1v) is 7.43. The van der Waals surface area contributed by atoms with Gasteiger partial charge in [0.15, 0.2) is 0 Å². The van der Waals surface area contributed by atoms with E-state index in [-0.39, 0.29) is 0 Å². The second-order valence-electron chi connectivity index (χ2n) is 5.41. The highest BCUT2D eigenvalue weighted by Crippen LogP contribution is 2.23. The maximum Gasteiger partial charge on any atom is 0.107 e. The molecular weight excluding hydrogens is 230 g/mol. The van der Waals surface area contributed by atoms with E-state index in [1.54, 1.807) is 0 Å². The molecule has 1 aromatic heterocycles. The smallest absolute Gasteiger partial charge is 0.107 e. The summed E-state index contributed by atoms with van der Waals surface area (Å²) in [4.78, 5) is 8.60. The van der Waals surface area contributed by atoms with Crippen LogP contribution in [0.2, 0.25) is 0 Å². The van der Waals surface area contributed by atoms with Gasteiger partial charge < -0.3 is 5.32 Å². The Kier molecular flexibility index (Phi) is 3.19. The predicted molar refractivity (Wildman–Crippen MR) is 71.4 cm³/mol. The highest BCUT2D eigenvalue weighted by Gasteiger charge is 2.29. The minimum Gasteiger partial charge on any atom is -0.310 e. The second kappa shape index (κ2) is 4.67. The van der Waals surface area contributed by atoms with Crippen molar-refractivity contribution in [3.05, 3.63) is 15.6 Å². The Morgan fingerprint density at radius 1 is 1.29 bits per heavy atom. The molecule has 2 fully saturated rings. The summed E-state index contributed by atoms with van der Waals surface area (Å²) < 4.78 is 0. The molecule has 3 nitrogen and oxygen atoms in total. The molecule has 4 heteroatoms. The number of likely N-dealkylation sites (tertiary alicyclic amines) is 1. The number of fused-ring (bicyclic) bond motifs is 2. The van der Waals surface area contributed by atoms with Crippen molar-refractivity contribution in [1.29, 1.82) is 0 Å². The number of nitrogens with zero attached hydrogens (tertiary/aromatic N) is 2. The Hall–Kier alpha value is -0.450. The molecule has 17 heavy (non-hydrogen) atoms. The van der Waals surface area contributed by atoms with Crippen LogP contribution in [0.5, 0.6) is 0 Å². The van der Waals surface area contributed by atoms with Gasteiger partial charge in [-0.15, -0.1) is 11.3 Å². The summed E-state index contributed by atoms with van der Waals surface area (Å²) in [7, 11) is 0. The fourth-order valence-corrected chi connectivity index (χ4v) is 3.93. The van der Waals surface area contributed by atoms with Gasteiger partial charge >= 0.3 is 0 Å². The van der Waals surface area contributed by atoms with Crippen molar-refractivity contribution in [3.63, 3.8) is 0 Å². The van der Waals surface area contributed by atoms with Crippen LogP contribution in [0.1, 0.15) is 34.8 Å². The van der Waals surface area contributed by atoms with Gasteiger partial charge in [-0.05, 0) is 33.1 Å². The van der Waals surface area contributed by atoms with Crippen molar-refractivity contribution >= 4 is 11.3 Å². The molecule has 94 valence electrons. The van der Waals surface area contributed by atoms with E-state index in [9.17, 15) is 0 Å². The number of hydrogen-bond acceptors (Lipinski definition) is 4. The van der Waals surface area contributed by atoms with Gasteiger partial charge in [0.25, 0.3) is 0 Å². The van der Waals surface area contributed by atoms with Crippen LogP contribution in [0.4, 0.5) is 0 Å². The first kappa shape index (κ1) is 11.6. The molecule has 2 atom stereocenters. The molecule has 0 aliphatic carbocycles. The van der Waals surface area contributed by atoms with Crippen LogP contribution in [0.15, 0.2) is 0 Å². The van der Waals surface area contributed by atoms with E-state index in [0.717, 1.165) is 18.6 Å². The third kappa shape index (κ3) is 2.54. The van der Waals surface area contributed by atoms with Gasteiger partial charge in [-0.3, -0.25) is 4.90 Å². The third-order valence-electron chi connectivity index (χ3n) is 4.04. The van der Waals surface area contributed by atoms with Crippen molar-refractivity contribution in [3.8, 4) is 0 Å². The minimum atomic E-state index is 0.727. The SMILES string of the molecule is Cc1nc(CN2CCC3CCC(C2)N3)sc1C. The van der Waals surface area contributed by atoms with E-state index in [1.807, 2.05) is 11.3 Å². The molecule has 0 radical (unpaired) electrons. The predicted octanol–water partition coefficient (Wildman–Crippen LogP) is 2.09. The normalized spacial score (nSPS) is 29.5. The van der Waals surface area contributed by atoms with Gasteiger partial charge in [0, 0.05) is 30.1 Å². The molecule has 3 rings (SSSR count). The fourth-order valence-electron chi connectivity index (χ4n) is 2.96. The molecule has 2 saturated heterocycles. The molecule has 1 N–H and O–H groups in total. The lowest BCUT2D eigenvalue weighted by Crippen LogP contribution is -2.34. The highest BCUT2D eigenvalue weighted by molar-refractivity contribution is 7.11. The lowest BCUT2D eigenvalue weighted by Gasteiger charge is -2.22. The number of aryl methyl sites for hydroxylation is 2. The molecule has 0 aromatic carbocycles. The summed E-state index contributed by atoms with van der Waals surface area (Å²) in [5, 5.41) is 5.02. The van der Waals surface area contributed by atoms with Gasteiger partial charge in [0.1, 0.15) is 5.01 Å². The monoisotopic (exact) mass is 251 g/mol. The molecule has 2 aliphatic heterocycles. The largest absolute Gasteiger partial charge is 0.310 e. The second-order valence-corrected chi connectivity index (χ2v) is 6.70. The van der Waals surface area contributed by atoms with Gasteiger partial charge in [-0.2, -0.15) is 0 Å². The van der Waals surface area contributed by atoms with Crippen LogP contribution in [0.3, 0.4) is 0 Å². The zero-order chi connectivity index (χ0) is 11.8. The van der Waals surface area contributed by atoms with Gasteiger partial charge in [0.05, 0.1) is 12.2 Å². The Bertz CT molecular complexity index is 382. The van der Waals surface area contributed by atoms with Gasteiger partial charge in [-0.25, -0.2) is 4.98 Å². The number of rotatable bonds is 2. The van der Waals surface area contributed by atoms with Crippen molar-refractivity contribution in [2.24, 2.45) is 0 Å². The molecule has 0 saturated carbocycles. The number of thiazole rings is 1. The van der Waals surface area contributed by atoms with Gasteiger partial charge in [0.2, 0.25) is 0 Å². The molecular formula is C13H21N3S. The maximum atomic E-state index is 4.65. The average Bonchev–Trinajstić information content (AvgIpc) is 2.76. The van der Waals surface area contributed by atoms with E-state index in [0.29, 0.717) is 0 Å². The van der Waals surface area contributed by atoms with Gasteiger partial charge in [-0.1, -0.05) is 0 Å². The topological polar surface area (TPSA) is 28.2 Å².